The minimum Gasteiger partial charge on any atom is -0.377 e. The minimum atomic E-state index is 0.795. The molecule has 0 saturated heterocycles. The summed E-state index contributed by atoms with van der Waals surface area (Å²) >= 11 is 0. The zero-order chi connectivity index (χ0) is 9.80. The maximum atomic E-state index is 4.82. The van der Waals surface area contributed by atoms with Crippen LogP contribution in [0.15, 0.2) is 41.1 Å². The van der Waals surface area contributed by atoms with Crippen LogP contribution in [0.3, 0.4) is 0 Å². The predicted octanol–water partition coefficient (Wildman–Crippen LogP) is 2.60. The molecule has 72 valence electrons. The third kappa shape index (κ3) is 1.93. The van der Waals surface area contributed by atoms with Crippen LogP contribution in [0.2, 0.25) is 0 Å². The Bertz CT molecular complexity index is 395. The molecule has 1 N–H and O–H groups in total. The highest BCUT2D eigenvalue weighted by molar-refractivity contribution is 5.44. The van der Waals surface area contributed by atoms with E-state index in [-0.39, 0.29) is 0 Å². The van der Waals surface area contributed by atoms with Gasteiger partial charge in [-0.25, -0.2) is 0 Å². The van der Waals surface area contributed by atoms with Crippen LogP contribution in [0.5, 0.6) is 0 Å². The molecule has 1 aromatic heterocycles. The van der Waals surface area contributed by atoms with Gasteiger partial charge in [-0.2, -0.15) is 0 Å². The summed E-state index contributed by atoms with van der Waals surface area (Å²) < 4.78 is 4.82. The van der Waals surface area contributed by atoms with Gasteiger partial charge in [-0.1, -0.05) is 35.5 Å². The summed E-state index contributed by atoms with van der Waals surface area (Å²) in [5.74, 6) is 0. The van der Waals surface area contributed by atoms with E-state index in [0.717, 1.165) is 17.9 Å². The van der Waals surface area contributed by atoms with Gasteiger partial charge < -0.3 is 9.84 Å². The Kier molecular flexibility index (Phi) is 2.49. The van der Waals surface area contributed by atoms with Crippen molar-refractivity contribution in [3.63, 3.8) is 0 Å². The lowest BCUT2D eigenvalue weighted by Gasteiger charge is -2.03. The van der Waals surface area contributed by atoms with Crippen molar-refractivity contribution in [3.8, 4) is 0 Å². The molecular weight excluding hydrogens is 176 g/mol. The fourth-order valence-electron chi connectivity index (χ4n) is 1.26. The highest BCUT2D eigenvalue weighted by Gasteiger charge is 2.00. The molecule has 0 saturated carbocycles. The van der Waals surface area contributed by atoms with Gasteiger partial charge in [-0.15, -0.1) is 0 Å². The average Bonchev–Trinajstić information content (AvgIpc) is 2.63. The van der Waals surface area contributed by atoms with Gasteiger partial charge in [0.1, 0.15) is 12.0 Å². The van der Waals surface area contributed by atoms with Gasteiger partial charge >= 0.3 is 0 Å². The van der Waals surface area contributed by atoms with Crippen LogP contribution < -0.4 is 5.32 Å². The fraction of sp³-hybridized carbons (Fsp3) is 0.182. The van der Waals surface area contributed by atoms with Crippen molar-refractivity contribution >= 4 is 5.69 Å². The van der Waals surface area contributed by atoms with Crippen molar-refractivity contribution in [1.82, 2.24) is 5.16 Å². The molecule has 0 unspecified atom stereocenters. The van der Waals surface area contributed by atoms with Crippen LogP contribution in [-0.2, 0) is 6.54 Å². The third-order valence-corrected chi connectivity index (χ3v) is 2.08. The molecule has 0 bridgehead atoms. The van der Waals surface area contributed by atoms with E-state index in [1.165, 1.54) is 5.56 Å². The molecule has 0 amide bonds. The molecule has 0 atom stereocenters. The smallest absolute Gasteiger partial charge is 0.147 e. The highest BCUT2D eigenvalue weighted by atomic mass is 16.5. The molecule has 2 rings (SSSR count). The first kappa shape index (κ1) is 8.81. The van der Waals surface area contributed by atoms with E-state index in [9.17, 15) is 0 Å². The normalized spacial score (nSPS) is 10.1. The Hall–Kier alpha value is -1.77. The molecule has 1 aromatic carbocycles. The topological polar surface area (TPSA) is 38.1 Å². The molecule has 1 heterocycles. The van der Waals surface area contributed by atoms with Gasteiger partial charge in [0, 0.05) is 6.54 Å². The second kappa shape index (κ2) is 3.96. The van der Waals surface area contributed by atoms with Crippen molar-refractivity contribution < 1.29 is 4.52 Å². The van der Waals surface area contributed by atoms with E-state index in [1.54, 1.807) is 6.26 Å². The van der Waals surface area contributed by atoms with E-state index in [0.29, 0.717) is 0 Å². The molecule has 0 aliphatic heterocycles. The molecule has 0 radical (unpaired) electrons. The van der Waals surface area contributed by atoms with Crippen LogP contribution in [0.25, 0.3) is 0 Å². The number of benzene rings is 1. The maximum absolute atomic E-state index is 4.82. The molecule has 0 fully saturated rings. The summed E-state index contributed by atoms with van der Waals surface area (Å²) in [6.07, 6.45) is 1.62. The standard InChI is InChI=1S/C11H12N2O/c1-9-11(8-14-13-9)12-7-10-5-3-2-4-6-10/h2-6,8,12H,7H2,1H3. The Morgan fingerprint density at radius 3 is 2.71 bits per heavy atom. The summed E-state index contributed by atoms with van der Waals surface area (Å²) in [6.45, 7) is 2.71. The van der Waals surface area contributed by atoms with Crippen molar-refractivity contribution in [1.29, 1.82) is 0 Å². The molecule has 2 aromatic rings. The number of rotatable bonds is 3. The first-order chi connectivity index (χ1) is 6.86. The number of hydrogen-bond donors (Lipinski definition) is 1. The van der Waals surface area contributed by atoms with Gasteiger partial charge in [-0.05, 0) is 12.5 Å². The van der Waals surface area contributed by atoms with Crippen LogP contribution in [0.1, 0.15) is 11.3 Å². The van der Waals surface area contributed by atoms with Crippen molar-refractivity contribution in [2.45, 2.75) is 13.5 Å². The Labute approximate surface area is 82.7 Å². The lowest BCUT2D eigenvalue weighted by Crippen LogP contribution is -1.99. The predicted molar refractivity (Wildman–Crippen MR) is 55.0 cm³/mol. The molecule has 3 heteroatoms. The van der Waals surface area contributed by atoms with Crippen molar-refractivity contribution in [3.05, 3.63) is 47.9 Å². The molecule has 0 aliphatic rings. The van der Waals surface area contributed by atoms with Crippen LogP contribution >= 0.6 is 0 Å². The molecule has 14 heavy (non-hydrogen) atoms. The second-order valence-electron chi connectivity index (χ2n) is 3.15. The zero-order valence-corrected chi connectivity index (χ0v) is 8.03. The van der Waals surface area contributed by atoms with E-state index in [4.69, 9.17) is 4.52 Å². The van der Waals surface area contributed by atoms with Gasteiger partial charge in [0.05, 0.1) is 5.69 Å². The molecular formula is C11H12N2O. The summed E-state index contributed by atoms with van der Waals surface area (Å²) in [6, 6.07) is 10.2. The number of hydrogen-bond acceptors (Lipinski definition) is 3. The summed E-state index contributed by atoms with van der Waals surface area (Å²) in [5, 5.41) is 7.04. The van der Waals surface area contributed by atoms with E-state index < -0.39 is 0 Å². The van der Waals surface area contributed by atoms with Gasteiger partial charge in [0.2, 0.25) is 0 Å². The Balaban J connectivity index is 1.99. The van der Waals surface area contributed by atoms with Gasteiger partial charge in [0.25, 0.3) is 0 Å². The maximum Gasteiger partial charge on any atom is 0.147 e. The Morgan fingerprint density at radius 1 is 1.29 bits per heavy atom. The van der Waals surface area contributed by atoms with Crippen LogP contribution in [0, 0.1) is 6.92 Å². The van der Waals surface area contributed by atoms with Crippen LogP contribution in [0.4, 0.5) is 5.69 Å². The number of aromatic nitrogens is 1. The molecule has 3 nitrogen and oxygen atoms in total. The largest absolute Gasteiger partial charge is 0.377 e. The monoisotopic (exact) mass is 188 g/mol. The third-order valence-electron chi connectivity index (χ3n) is 2.08. The number of nitrogens with zero attached hydrogens (tertiary/aromatic N) is 1. The summed E-state index contributed by atoms with van der Waals surface area (Å²) in [4.78, 5) is 0. The minimum absolute atomic E-state index is 0.795. The zero-order valence-electron chi connectivity index (χ0n) is 8.03. The van der Waals surface area contributed by atoms with Crippen LogP contribution in [-0.4, -0.2) is 5.16 Å². The van der Waals surface area contributed by atoms with E-state index >= 15 is 0 Å². The van der Waals surface area contributed by atoms with Gasteiger partial charge in [0.15, 0.2) is 0 Å². The molecule has 0 aliphatic carbocycles. The highest BCUT2D eigenvalue weighted by Crippen LogP contribution is 2.12. The lowest BCUT2D eigenvalue weighted by atomic mass is 10.2. The first-order valence-electron chi connectivity index (χ1n) is 4.55. The van der Waals surface area contributed by atoms with E-state index in [1.807, 2.05) is 25.1 Å². The molecule has 0 spiro atoms. The Morgan fingerprint density at radius 2 is 2.07 bits per heavy atom. The van der Waals surface area contributed by atoms with Gasteiger partial charge in [-0.3, -0.25) is 0 Å². The number of nitrogens with one attached hydrogen (secondary N) is 1. The number of anilines is 1. The lowest BCUT2D eigenvalue weighted by molar-refractivity contribution is 0.415. The summed E-state index contributed by atoms with van der Waals surface area (Å²) in [5.41, 5.74) is 3.09. The first-order valence-corrected chi connectivity index (χ1v) is 4.55. The second-order valence-corrected chi connectivity index (χ2v) is 3.15. The average molecular weight is 188 g/mol. The summed E-state index contributed by atoms with van der Waals surface area (Å²) in [7, 11) is 0. The quantitative estimate of drug-likeness (QED) is 0.804. The van der Waals surface area contributed by atoms with E-state index in [2.05, 4.69) is 22.6 Å². The number of aryl methyl sites for hydroxylation is 1. The van der Waals surface area contributed by atoms with Crippen molar-refractivity contribution in [2.75, 3.05) is 5.32 Å². The van der Waals surface area contributed by atoms with Crippen molar-refractivity contribution in [2.24, 2.45) is 0 Å². The fourth-order valence-corrected chi connectivity index (χ4v) is 1.26. The SMILES string of the molecule is Cc1nocc1NCc1ccccc1.